The molecule has 0 aliphatic heterocycles. The standard InChI is InChI=1S/C16H22FN3O2/c1-4-20-16(17)13(11-19-20)10-18-8-7-12-5-6-14(21-2)15(9-12)22-3/h5-6,9,11,18H,4,7-8,10H2,1-3H3. The van der Waals surface area contributed by atoms with Crippen molar-refractivity contribution in [2.45, 2.75) is 26.4 Å². The van der Waals surface area contributed by atoms with E-state index in [2.05, 4.69) is 10.4 Å². The first kappa shape index (κ1) is 16.3. The summed E-state index contributed by atoms with van der Waals surface area (Å²) in [6, 6.07) is 5.84. The molecule has 0 saturated heterocycles. The third kappa shape index (κ3) is 3.76. The molecule has 0 aliphatic carbocycles. The van der Waals surface area contributed by atoms with Gasteiger partial charge in [0.25, 0.3) is 0 Å². The van der Waals surface area contributed by atoms with Crippen molar-refractivity contribution in [1.82, 2.24) is 15.1 Å². The van der Waals surface area contributed by atoms with Crippen molar-refractivity contribution in [3.63, 3.8) is 0 Å². The lowest BCUT2D eigenvalue weighted by Gasteiger charge is -2.10. The first-order chi connectivity index (χ1) is 10.7. The number of nitrogens with zero attached hydrogens (tertiary/aromatic N) is 2. The van der Waals surface area contributed by atoms with Crippen LogP contribution in [0.4, 0.5) is 4.39 Å². The van der Waals surface area contributed by atoms with Crippen molar-refractivity contribution in [3.05, 3.63) is 41.5 Å². The summed E-state index contributed by atoms with van der Waals surface area (Å²) in [4.78, 5) is 0. The second-order valence-corrected chi connectivity index (χ2v) is 4.89. The second-order valence-electron chi connectivity index (χ2n) is 4.89. The second kappa shape index (κ2) is 7.79. The lowest BCUT2D eigenvalue weighted by molar-refractivity contribution is 0.354. The van der Waals surface area contributed by atoms with Crippen molar-refractivity contribution in [1.29, 1.82) is 0 Å². The van der Waals surface area contributed by atoms with Crippen molar-refractivity contribution in [2.75, 3.05) is 20.8 Å². The van der Waals surface area contributed by atoms with Gasteiger partial charge in [-0.3, -0.25) is 0 Å². The predicted molar refractivity (Wildman–Crippen MR) is 82.8 cm³/mol. The Morgan fingerprint density at radius 1 is 1.23 bits per heavy atom. The average molecular weight is 307 g/mol. The maximum atomic E-state index is 13.8. The summed E-state index contributed by atoms with van der Waals surface area (Å²) in [6.07, 6.45) is 2.39. The van der Waals surface area contributed by atoms with E-state index >= 15 is 0 Å². The molecule has 0 amide bonds. The van der Waals surface area contributed by atoms with Gasteiger partial charge in [-0.25, -0.2) is 4.68 Å². The molecule has 1 aromatic heterocycles. The van der Waals surface area contributed by atoms with Crippen LogP contribution < -0.4 is 14.8 Å². The van der Waals surface area contributed by atoms with Gasteiger partial charge in [0, 0.05) is 18.7 Å². The fraction of sp³-hybridized carbons (Fsp3) is 0.438. The Kier molecular flexibility index (Phi) is 5.77. The molecule has 2 rings (SSSR count). The highest BCUT2D eigenvalue weighted by molar-refractivity contribution is 5.42. The Morgan fingerprint density at radius 2 is 2.00 bits per heavy atom. The summed E-state index contributed by atoms with van der Waals surface area (Å²) in [7, 11) is 3.23. The minimum atomic E-state index is -0.263. The van der Waals surface area contributed by atoms with Gasteiger partial charge in [-0.15, -0.1) is 0 Å². The van der Waals surface area contributed by atoms with E-state index in [0.29, 0.717) is 24.4 Å². The summed E-state index contributed by atoms with van der Waals surface area (Å²) < 4.78 is 25.6. The van der Waals surface area contributed by atoms with Crippen LogP contribution in [-0.4, -0.2) is 30.5 Å². The van der Waals surface area contributed by atoms with Crippen LogP contribution in [0.2, 0.25) is 0 Å². The van der Waals surface area contributed by atoms with Crippen LogP contribution in [0.3, 0.4) is 0 Å². The van der Waals surface area contributed by atoms with E-state index in [1.165, 1.54) is 4.68 Å². The molecule has 0 bridgehead atoms. The van der Waals surface area contributed by atoms with E-state index in [0.717, 1.165) is 24.3 Å². The van der Waals surface area contributed by atoms with E-state index < -0.39 is 0 Å². The molecular weight excluding hydrogens is 285 g/mol. The van der Waals surface area contributed by atoms with Gasteiger partial charge in [0.2, 0.25) is 5.95 Å². The van der Waals surface area contributed by atoms with Crippen LogP contribution >= 0.6 is 0 Å². The molecular formula is C16H22FN3O2. The molecule has 1 aromatic carbocycles. The minimum absolute atomic E-state index is 0.263. The highest BCUT2D eigenvalue weighted by Gasteiger charge is 2.08. The largest absolute Gasteiger partial charge is 0.493 e. The molecule has 0 unspecified atom stereocenters. The Bertz CT molecular complexity index is 613. The number of methoxy groups -OCH3 is 2. The monoisotopic (exact) mass is 307 g/mol. The zero-order valence-electron chi connectivity index (χ0n) is 13.2. The van der Waals surface area contributed by atoms with Crippen LogP contribution in [0, 0.1) is 5.95 Å². The van der Waals surface area contributed by atoms with E-state index in [-0.39, 0.29) is 5.95 Å². The number of aromatic nitrogens is 2. The maximum absolute atomic E-state index is 13.8. The van der Waals surface area contributed by atoms with Crippen molar-refractivity contribution < 1.29 is 13.9 Å². The number of aryl methyl sites for hydroxylation is 1. The number of nitrogens with one attached hydrogen (secondary N) is 1. The molecule has 120 valence electrons. The Balaban J connectivity index is 1.84. The third-order valence-electron chi connectivity index (χ3n) is 3.50. The Morgan fingerprint density at radius 3 is 2.64 bits per heavy atom. The van der Waals surface area contributed by atoms with Crippen LogP contribution in [0.15, 0.2) is 24.4 Å². The molecule has 5 nitrogen and oxygen atoms in total. The summed E-state index contributed by atoms with van der Waals surface area (Å²) in [5.41, 5.74) is 1.73. The van der Waals surface area contributed by atoms with Crippen LogP contribution in [0.25, 0.3) is 0 Å². The smallest absolute Gasteiger partial charge is 0.215 e. The quantitative estimate of drug-likeness (QED) is 0.761. The van der Waals surface area contributed by atoms with E-state index in [9.17, 15) is 4.39 Å². The van der Waals surface area contributed by atoms with Crippen molar-refractivity contribution in [3.8, 4) is 11.5 Å². The zero-order chi connectivity index (χ0) is 15.9. The number of hydrogen-bond acceptors (Lipinski definition) is 4. The number of ether oxygens (including phenoxy) is 2. The highest BCUT2D eigenvalue weighted by Crippen LogP contribution is 2.27. The molecule has 0 spiro atoms. The van der Waals surface area contributed by atoms with Gasteiger partial charge in [0.05, 0.1) is 20.4 Å². The summed E-state index contributed by atoms with van der Waals surface area (Å²) in [6.45, 7) is 3.62. The molecule has 0 atom stereocenters. The van der Waals surface area contributed by atoms with Crippen LogP contribution in [-0.2, 0) is 19.5 Å². The van der Waals surface area contributed by atoms with E-state index in [1.807, 2.05) is 25.1 Å². The predicted octanol–water partition coefficient (Wildman–Crippen LogP) is 2.39. The van der Waals surface area contributed by atoms with Gasteiger partial charge in [0.1, 0.15) is 0 Å². The van der Waals surface area contributed by atoms with Crippen LogP contribution in [0.1, 0.15) is 18.1 Å². The number of halogens is 1. The molecule has 2 aromatic rings. The SMILES string of the molecule is CCn1ncc(CNCCc2ccc(OC)c(OC)c2)c1F. The average Bonchev–Trinajstić information content (AvgIpc) is 2.91. The Hall–Kier alpha value is -2.08. The minimum Gasteiger partial charge on any atom is -0.493 e. The Labute approximate surface area is 130 Å². The molecule has 0 aliphatic rings. The summed E-state index contributed by atoms with van der Waals surface area (Å²) in [5, 5.41) is 7.21. The van der Waals surface area contributed by atoms with E-state index in [4.69, 9.17) is 9.47 Å². The number of benzene rings is 1. The molecule has 1 heterocycles. The molecule has 6 heteroatoms. The van der Waals surface area contributed by atoms with E-state index in [1.54, 1.807) is 20.4 Å². The zero-order valence-corrected chi connectivity index (χ0v) is 13.2. The fourth-order valence-corrected chi connectivity index (χ4v) is 2.24. The molecule has 22 heavy (non-hydrogen) atoms. The fourth-order valence-electron chi connectivity index (χ4n) is 2.24. The summed E-state index contributed by atoms with van der Waals surface area (Å²) >= 11 is 0. The highest BCUT2D eigenvalue weighted by atomic mass is 19.1. The van der Waals surface area contributed by atoms with Gasteiger partial charge in [-0.1, -0.05) is 6.07 Å². The number of rotatable bonds is 8. The molecule has 0 saturated carbocycles. The van der Waals surface area contributed by atoms with Gasteiger partial charge in [0.15, 0.2) is 11.5 Å². The normalized spacial score (nSPS) is 10.7. The lowest BCUT2D eigenvalue weighted by Crippen LogP contribution is -2.17. The first-order valence-electron chi connectivity index (χ1n) is 7.31. The maximum Gasteiger partial charge on any atom is 0.215 e. The molecule has 1 N–H and O–H groups in total. The molecule has 0 fully saturated rings. The molecule has 0 radical (unpaired) electrons. The number of hydrogen-bond donors (Lipinski definition) is 1. The topological polar surface area (TPSA) is 48.3 Å². The first-order valence-corrected chi connectivity index (χ1v) is 7.31. The lowest BCUT2D eigenvalue weighted by atomic mass is 10.1. The van der Waals surface area contributed by atoms with Gasteiger partial charge in [-0.2, -0.15) is 9.49 Å². The van der Waals surface area contributed by atoms with Gasteiger partial charge in [-0.05, 0) is 37.6 Å². The van der Waals surface area contributed by atoms with Gasteiger partial charge >= 0.3 is 0 Å². The van der Waals surface area contributed by atoms with Crippen molar-refractivity contribution in [2.24, 2.45) is 0 Å². The van der Waals surface area contributed by atoms with Gasteiger partial charge < -0.3 is 14.8 Å². The summed E-state index contributed by atoms with van der Waals surface area (Å²) in [5.74, 6) is 1.17. The van der Waals surface area contributed by atoms with Crippen molar-refractivity contribution >= 4 is 0 Å². The third-order valence-corrected chi connectivity index (χ3v) is 3.50. The van der Waals surface area contributed by atoms with Crippen LogP contribution in [0.5, 0.6) is 11.5 Å².